The Bertz CT molecular complexity index is 980. The van der Waals surface area contributed by atoms with Gasteiger partial charge in [0.15, 0.2) is 0 Å². The maximum absolute atomic E-state index is 13.4. The van der Waals surface area contributed by atoms with E-state index in [0.717, 1.165) is 61.2 Å². The van der Waals surface area contributed by atoms with Crippen molar-refractivity contribution >= 4 is 29.2 Å². The third kappa shape index (κ3) is 4.43. The summed E-state index contributed by atoms with van der Waals surface area (Å²) >= 11 is 0. The largest absolute Gasteiger partial charge is 0.378 e. The SMILES string of the molecule is CCOC1CCN(C(=O)c2cc(-c3cnn(CC)c3)nc3ccccc23)CC1.Cl. The first-order valence-electron chi connectivity index (χ1n) is 10.0. The summed E-state index contributed by atoms with van der Waals surface area (Å²) in [6.07, 6.45) is 5.82. The number of nitrogens with zero attached hydrogens (tertiary/aromatic N) is 4. The molecular formula is C22H27ClN4O2. The Balaban J connectivity index is 0.00000240. The van der Waals surface area contributed by atoms with Crippen LogP contribution in [0.2, 0.25) is 0 Å². The lowest BCUT2D eigenvalue weighted by Gasteiger charge is -2.32. The fourth-order valence-electron chi connectivity index (χ4n) is 3.80. The van der Waals surface area contributed by atoms with Crippen molar-refractivity contribution in [3.8, 4) is 11.3 Å². The van der Waals surface area contributed by atoms with Crippen LogP contribution in [0, 0.1) is 0 Å². The molecule has 154 valence electrons. The first-order valence-corrected chi connectivity index (χ1v) is 10.0. The maximum atomic E-state index is 13.4. The Morgan fingerprint density at radius 3 is 2.66 bits per heavy atom. The van der Waals surface area contributed by atoms with Gasteiger partial charge in [-0.1, -0.05) is 18.2 Å². The van der Waals surface area contributed by atoms with Crippen LogP contribution in [0.15, 0.2) is 42.7 Å². The number of para-hydroxylation sites is 1. The van der Waals surface area contributed by atoms with Gasteiger partial charge in [0.1, 0.15) is 0 Å². The molecule has 1 amide bonds. The number of benzene rings is 1. The summed E-state index contributed by atoms with van der Waals surface area (Å²) < 4.78 is 7.59. The van der Waals surface area contributed by atoms with Crippen molar-refractivity contribution in [3.05, 3.63) is 48.3 Å². The molecule has 1 aromatic carbocycles. The van der Waals surface area contributed by atoms with E-state index in [2.05, 4.69) is 5.10 Å². The quantitative estimate of drug-likeness (QED) is 0.628. The highest BCUT2D eigenvalue weighted by Gasteiger charge is 2.25. The van der Waals surface area contributed by atoms with E-state index in [1.807, 2.05) is 66.2 Å². The third-order valence-corrected chi connectivity index (χ3v) is 5.33. The van der Waals surface area contributed by atoms with E-state index >= 15 is 0 Å². The average molecular weight is 415 g/mol. The van der Waals surface area contributed by atoms with Crippen molar-refractivity contribution < 1.29 is 9.53 Å². The van der Waals surface area contributed by atoms with Crippen molar-refractivity contribution in [2.75, 3.05) is 19.7 Å². The van der Waals surface area contributed by atoms with Gasteiger partial charge < -0.3 is 9.64 Å². The van der Waals surface area contributed by atoms with E-state index in [1.54, 1.807) is 0 Å². The predicted molar refractivity (Wildman–Crippen MR) is 116 cm³/mol. The summed E-state index contributed by atoms with van der Waals surface area (Å²) in [4.78, 5) is 20.1. The van der Waals surface area contributed by atoms with Crippen LogP contribution >= 0.6 is 12.4 Å². The van der Waals surface area contributed by atoms with E-state index in [1.165, 1.54) is 0 Å². The van der Waals surface area contributed by atoms with E-state index < -0.39 is 0 Å². The number of aryl methyl sites for hydroxylation is 1. The van der Waals surface area contributed by atoms with Gasteiger partial charge in [-0.3, -0.25) is 9.48 Å². The zero-order chi connectivity index (χ0) is 19.5. The number of ether oxygens (including phenoxy) is 1. The number of hydrogen-bond donors (Lipinski definition) is 0. The fraction of sp³-hybridized carbons (Fsp3) is 0.409. The number of aromatic nitrogens is 3. The monoisotopic (exact) mass is 414 g/mol. The highest BCUT2D eigenvalue weighted by molar-refractivity contribution is 6.07. The first-order chi connectivity index (χ1) is 13.7. The van der Waals surface area contributed by atoms with E-state index in [9.17, 15) is 4.79 Å². The smallest absolute Gasteiger partial charge is 0.254 e. The summed E-state index contributed by atoms with van der Waals surface area (Å²) in [6, 6.07) is 9.76. The van der Waals surface area contributed by atoms with Gasteiger partial charge in [-0.2, -0.15) is 5.10 Å². The summed E-state index contributed by atoms with van der Waals surface area (Å²) in [5, 5.41) is 5.24. The van der Waals surface area contributed by atoms with Gasteiger partial charge in [0.2, 0.25) is 0 Å². The molecule has 0 bridgehead atoms. The molecule has 3 aromatic rings. The minimum atomic E-state index is 0. The van der Waals surface area contributed by atoms with Gasteiger partial charge in [-0.25, -0.2) is 4.98 Å². The molecule has 1 fully saturated rings. The molecule has 1 saturated heterocycles. The molecule has 0 unspecified atom stereocenters. The molecule has 0 N–H and O–H groups in total. The second kappa shape index (κ2) is 9.37. The molecule has 2 aromatic heterocycles. The maximum Gasteiger partial charge on any atom is 0.254 e. The van der Waals surface area contributed by atoms with Crippen molar-refractivity contribution in [2.24, 2.45) is 0 Å². The molecule has 7 heteroatoms. The van der Waals surface area contributed by atoms with Crippen LogP contribution in [0.4, 0.5) is 0 Å². The van der Waals surface area contributed by atoms with Gasteiger partial charge >= 0.3 is 0 Å². The Kier molecular flexibility index (Phi) is 6.87. The number of carbonyl (C=O) groups is 1. The van der Waals surface area contributed by atoms with Gasteiger partial charge in [-0.15, -0.1) is 12.4 Å². The van der Waals surface area contributed by atoms with Crippen LogP contribution in [0.5, 0.6) is 0 Å². The van der Waals surface area contributed by atoms with Crippen LogP contribution in [0.1, 0.15) is 37.0 Å². The number of pyridine rings is 1. The summed E-state index contributed by atoms with van der Waals surface area (Å²) in [7, 11) is 0. The Hall–Kier alpha value is -2.44. The average Bonchev–Trinajstić information content (AvgIpc) is 3.23. The second-order valence-corrected chi connectivity index (χ2v) is 7.10. The Morgan fingerprint density at radius 1 is 1.21 bits per heavy atom. The molecule has 0 atom stereocenters. The summed E-state index contributed by atoms with van der Waals surface area (Å²) in [5.74, 6) is 0.0673. The summed E-state index contributed by atoms with van der Waals surface area (Å²) in [5.41, 5.74) is 3.25. The lowest BCUT2D eigenvalue weighted by molar-refractivity contribution is 0.0146. The topological polar surface area (TPSA) is 60.2 Å². The Morgan fingerprint density at radius 2 is 1.97 bits per heavy atom. The normalized spacial score (nSPS) is 14.8. The van der Waals surface area contributed by atoms with Gasteiger partial charge in [-0.05, 0) is 38.8 Å². The number of hydrogen-bond acceptors (Lipinski definition) is 4. The van der Waals surface area contributed by atoms with Crippen LogP contribution in [0.3, 0.4) is 0 Å². The van der Waals surface area contributed by atoms with Crippen molar-refractivity contribution in [1.29, 1.82) is 0 Å². The molecule has 0 aliphatic carbocycles. The number of rotatable bonds is 5. The number of carbonyl (C=O) groups excluding carboxylic acids is 1. The van der Waals surface area contributed by atoms with Crippen molar-refractivity contribution in [1.82, 2.24) is 19.7 Å². The molecule has 0 radical (unpaired) electrons. The molecule has 4 rings (SSSR count). The third-order valence-electron chi connectivity index (χ3n) is 5.33. The predicted octanol–water partition coefficient (Wildman–Crippen LogP) is 4.18. The number of halogens is 1. The van der Waals surface area contributed by atoms with Gasteiger partial charge in [0.25, 0.3) is 5.91 Å². The number of likely N-dealkylation sites (tertiary alicyclic amines) is 1. The van der Waals surface area contributed by atoms with Crippen LogP contribution in [0.25, 0.3) is 22.2 Å². The van der Waals surface area contributed by atoms with Crippen LogP contribution in [-0.4, -0.2) is 51.4 Å². The first kappa shape index (κ1) is 21.3. The number of amides is 1. The zero-order valence-corrected chi connectivity index (χ0v) is 17.7. The van der Waals surface area contributed by atoms with E-state index in [4.69, 9.17) is 9.72 Å². The number of fused-ring (bicyclic) bond motifs is 1. The molecule has 1 aliphatic rings. The van der Waals surface area contributed by atoms with E-state index in [-0.39, 0.29) is 24.4 Å². The molecule has 29 heavy (non-hydrogen) atoms. The highest BCUT2D eigenvalue weighted by Crippen LogP contribution is 2.27. The molecule has 0 spiro atoms. The minimum absolute atomic E-state index is 0. The minimum Gasteiger partial charge on any atom is -0.378 e. The standard InChI is InChI=1S/C22H26N4O2.ClH/c1-3-26-15-16(14-23-26)21-13-19(18-7-5-6-8-20(18)24-21)22(27)25-11-9-17(10-12-25)28-4-2;/h5-8,13-15,17H,3-4,9-12H2,1-2H3;1H. The van der Waals surface area contributed by atoms with Gasteiger partial charge in [0, 0.05) is 43.4 Å². The molecule has 0 saturated carbocycles. The lowest BCUT2D eigenvalue weighted by atomic mass is 10.0. The molecule has 6 nitrogen and oxygen atoms in total. The van der Waals surface area contributed by atoms with Crippen molar-refractivity contribution in [2.45, 2.75) is 39.3 Å². The molecular weight excluding hydrogens is 388 g/mol. The molecule has 1 aliphatic heterocycles. The molecule has 3 heterocycles. The Labute approximate surface area is 177 Å². The fourth-order valence-corrected chi connectivity index (χ4v) is 3.80. The van der Waals surface area contributed by atoms with Crippen LogP contribution in [-0.2, 0) is 11.3 Å². The van der Waals surface area contributed by atoms with Crippen molar-refractivity contribution in [3.63, 3.8) is 0 Å². The highest BCUT2D eigenvalue weighted by atomic mass is 35.5. The summed E-state index contributed by atoms with van der Waals surface area (Å²) in [6.45, 7) is 7.04. The van der Waals surface area contributed by atoms with E-state index in [0.29, 0.717) is 5.56 Å². The zero-order valence-electron chi connectivity index (χ0n) is 16.9. The number of piperidine rings is 1. The van der Waals surface area contributed by atoms with Gasteiger partial charge in [0.05, 0.1) is 29.1 Å². The lowest BCUT2D eigenvalue weighted by Crippen LogP contribution is -2.41. The van der Waals surface area contributed by atoms with Crippen LogP contribution < -0.4 is 0 Å². The second-order valence-electron chi connectivity index (χ2n) is 7.10.